The summed E-state index contributed by atoms with van der Waals surface area (Å²) in [6.45, 7) is 1.13. The topological polar surface area (TPSA) is 69.6 Å². The second kappa shape index (κ2) is 5.58. The SMILES string of the molecule is O=C(O)C1CN(C(=O)NCCc2ccc(Cl)s2)C1. The molecule has 0 atom stereocenters. The standard InChI is InChI=1S/C11H13ClN2O3S/c12-9-2-1-8(18-9)3-4-13-11(17)14-5-7(6-14)10(15)16/h1-2,7H,3-6H2,(H,13,17)(H,15,16). The van der Waals surface area contributed by atoms with Gasteiger partial charge in [0.05, 0.1) is 10.3 Å². The number of nitrogens with one attached hydrogen (secondary N) is 1. The summed E-state index contributed by atoms with van der Waals surface area (Å²) in [7, 11) is 0. The quantitative estimate of drug-likeness (QED) is 0.885. The first-order valence-electron chi connectivity index (χ1n) is 5.56. The Kier molecular flexibility index (Phi) is 4.08. The predicted molar refractivity (Wildman–Crippen MR) is 69.1 cm³/mol. The van der Waals surface area contributed by atoms with Crippen molar-refractivity contribution in [1.29, 1.82) is 0 Å². The maximum absolute atomic E-state index is 11.6. The number of carboxylic acid groups (broad SMARTS) is 1. The zero-order valence-corrected chi connectivity index (χ0v) is 11.1. The summed E-state index contributed by atoms with van der Waals surface area (Å²) in [5, 5.41) is 11.4. The first-order valence-corrected chi connectivity index (χ1v) is 6.75. The van der Waals surface area contributed by atoms with Crippen molar-refractivity contribution < 1.29 is 14.7 Å². The number of urea groups is 1. The van der Waals surface area contributed by atoms with Gasteiger partial charge in [0, 0.05) is 24.5 Å². The van der Waals surface area contributed by atoms with Gasteiger partial charge in [-0.3, -0.25) is 4.79 Å². The van der Waals surface area contributed by atoms with E-state index in [0.29, 0.717) is 19.6 Å². The number of likely N-dealkylation sites (tertiary alicyclic amines) is 1. The maximum atomic E-state index is 11.6. The third-order valence-electron chi connectivity index (χ3n) is 2.79. The van der Waals surface area contributed by atoms with E-state index < -0.39 is 11.9 Å². The van der Waals surface area contributed by atoms with Crippen molar-refractivity contribution in [2.75, 3.05) is 19.6 Å². The summed E-state index contributed by atoms with van der Waals surface area (Å²) in [5.74, 6) is -1.25. The molecule has 1 saturated heterocycles. The smallest absolute Gasteiger partial charge is 0.317 e. The number of nitrogens with zero attached hydrogens (tertiary/aromatic N) is 1. The third kappa shape index (κ3) is 3.14. The van der Waals surface area contributed by atoms with Crippen LogP contribution in [0.1, 0.15) is 4.88 Å². The number of carboxylic acids is 1. The van der Waals surface area contributed by atoms with Crippen molar-refractivity contribution in [3.63, 3.8) is 0 Å². The number of aliphatic carboxylic acids is 1. The maximum Gasteiger partial charge on any atom is 0.317 e. The van der Waals surface area contributed by atoms with E-state index >= 15 is 0 Å². The highest BCUT2D eigenvalue weighted by Crippen LogP contribution is 2.21. The average molecular weight is 289 g/mol. The Balaban J connectivity index is 1.66. The minimum absolute atomic E-state index is 0.199. The van der Waals surface area contributed by atoms with Gasteiger partial charge in [-0.25, -0.2) is 4.79 Å². The van der Waals surface area contributed by atoms with E-state index in [4.69, 9.17) is 16.7 Å². The number of amides is 2. The van der Waals surface area contributed by atoms with Crippen LogP contribution in [0.5, 0.6) is 0 Å². The van der Waals surface area contributed by atoms with Crippen molar-refractivity contribution in [3.05, 3.63) is 21.3 Å². The van der Waals surface area contributed by atoms with Gasteiger partial charge in [-0.2, -0.15) is 0 Å². The Hall–Kier alpha value is -1.27. The van der Waals surface area contributed by atoms with Gasteiger partial charge in [0.2, 0.25) is 0 Å². The Morgan fingerprint density at radius 1 is 1.50 bits per heavy atom. The fraction of sp³-hybridized carbons (Fsp3) is 0.455. The van der Waals surface area contributed by atoms with Crippen LogP contribution in [0.15, 0.2) is 12.1 Å². The van der Waals surface area contributed by atoms with Crippen molar-refractivity contribution in [2.45, 2.75) is 6.42 Å². The number of hydrogen-bond donors (Lipinski definition) is 2. The van der Waals surface area contributed by atoms with E-state index in [1.54, 1.807) is 0 Å². The second-order valence-electron chi connectivity index (χ2n) is 4.13. The summed E-state index contributed by atoms with van der Waals surface area (Å²) < 4.78 is 0.739. The van der Waals surface area contributed by atoms with Crippen LogP contribution in [0.2, 0.25) is 4.34 Å². The molecule has 1 aliphatic rings. The fourth-order valence-electron chi connectivity index (χ4n) is 1.69. The molecule has 0 saturated carbocycles. The van der Waals surface area contributed by atoms with Gasteiger partial charge in [-0.05, 0) is 18.6 Å². The van der Waals surface area contributed by atoms with E-state index in [9.17, 15) is 9.59 Å². The van der Waals surface area contributed by atoms with Crippen molar-refractivity contribution >= 4 is 34.9 Å². The van der Waals surface area contributed by atoms with Crippen LogP contribution in [0, 0.1) is 5.92 Å². The predicted octanol–water partition coefficient (Wildman–Crippen LogP) is 1.67. The molecule has 0 radical (unpaired) electrons. The van der Waals surface area contributed by atoms with Gasteiger partial charge < -0.3 is 15.3 Å². The molecule has 0 spiro atoms. The van der Waals surface area contributed by atoms with Gasteiger partial charge in [-0.15, -0.1) is 11.3 Å². The second-order valence-corrected chi connectivity index (χ2v) is 5.93. The lowest BCUT2D eigenvalue weighted by molar-refractivity contribution is -0.146. The molecule has 0 unspecified atom stereocenters. The van der Waals surface area contributed by atoms with Crippen LogP contribution in [0.4, 0.5) is 4.79 Å². The molecule has 0 aliphatic carbocycles. The molecule has 98 valence electrons. The van der Waals surface area contributed by atoms with Gasteiger partial charge in [-0.1, -0.05) is 11.6 Å². The molecular weight excluding hydrogens is 276 g/mol. The molecule has 18 heavy (non-hydrogen) atoms. The van der Waals surface area contributed by atoms with Crippen LogP contribution >= 0.6 is 22.9 Å². The minimum atomic E-state index is -0.840. The molecule has 0 bridgehead atoms. The summed E-state index contributed by atoms with van der Waals surface area (Å²) >= 11 is 7.29. The van der Waals surface area contributed by atoms with Gasteiger partial charge in [0.15, 0.2) is 0 Å². The van der Waals surface area contributed by atoms with E-state index in [1.165, 1.54) is 16.2 Å². The highest BCUT2D eigenvalue weighted by atomic mass is 35.5. The number of carbonyl (C=O) groups is 2. The Bertz CT molecular complexity index is 457. The monoisotopic (exact) mass is 288 g/mol. The first kappa shape index (κ1) is 13.2. The average Bonchev–Trinajstić information content (AvgIpc) is 2.61. The van der Waals surface area contributed by atoms with Gasteiger partial charge in [0.25, 0.3) is 0 Å². The molecule has 2 N–H and O–H groups in total. The number of thiophene rings is 1. The Morgan fingerprint density at radius 2 is 2.22 bits per heavy atom. The van der Waals surface area contributed by atoms with E-state index in [0.717, 1.165) is 15.6 Å². The lowest BCUT2D eigenvalue weighted by atomic mass is 10.0. The van der Waals surface area contributed by atoms with E-state index in [2.05, 4.69) is 5.32 Å². The van der Waals surface area contributed by atoms with Crippen LogP contribution in [0.25, 0.3) is 0 Å². The summed E-state index contributed by atoms with van der Waals surface area (Å²) in [5.41, 5.74) is 0. The van der Waals surface area contributed by atoms with E-state index in [-0.39, 0.29) is 6.03 Å². The van der Waals surface area contributed by atoms with Crippen molar-refractivity contribution in [2.24, 2.45) is 5.92 Å². The molecule has 2 amide bonds. The van der Waals surface area contributed by atoms with Crippen molar-refractivity contribution in [3.8, 4) is 0 Å². The highest BCUT2D eigenvalue weighted by Gasteiger charge is 2.35. The Labute approximate surface area is 113 Å². The molecule has 1 aliphatic heterocycles. The number of hydrogen-bond acceptors (Lipinski definition) is 3. The molecular formula is C11H13ClN2O3S. The molecule has 2 rings (SSSR count). The Morgan fingerprint density at radius 3 is 2.78 bits per heavy atom. The van der Waals surface area contributed by atoms with Crippen molar-refractivity contribution in [1.82, 2.24) is 10.2 Å². The lowest BCUT2D eigenvalue weighted by Crippen LogP contribution is -2.56. The van der Waals surface area contributed by atoms with Crippen LogP contribution in [-0.4, -0.2) is 41.6 Å². The molecule has 2 heterocycles. The van der Waals surface area contributed by atoms with E-state index in [1.807, 2.05) is 12.1 Å². The van der Waals surface area contributed by atoms with Crippen LogP contribution < -0.4 is 5.32 Å². The molecule has 5 nitrogen and oxygen atoms in total. The molecule has 7 heteroatoms. The van der Waals surface area contributed by atoms with Crippen LogP contribution in [-0.2, 0) is 11.2 Å². The summed E-state index contributed by atoms with van der Waals surface area (Å²) in [6, 6.07) is 3.56. The summed E-state index contributed by atoms with van der Waals surface area (Å²) in [4.78, 5) is 24.8. The van der Waals surface area contributed by atoms with Gasteiger partial charge in [0.1, 0.15) is 0 Å². The lowest BCUT2D eigenvalue weighted by Gasteiger charge is -2.36. The normalized spacial score (nSPS) is 15.3. The molecule has 1 aromatic rings. The summed E-state index contributed by atoms with van der Waals surface area (Å²) in [6.07, 6.45) is 0.735. The highest BCUT2D eigenvalue weighted by molar-refractivity contribution is 7.16. The number of carbonyl (C=O) groups excluding carboxylic acids is 1. The minimum Gasteiger partial charge on any atom is -0.481 e. The first-order chi connectivity index (χ1) is 8.56. The third-order valence-corrected chi connectivity index (χ3v) is 4.09. The molecule has 0 aromatic carbocycles. The largest absolute Gasteiger partial charge is 0.481 e. The molecule has 1 aromatic heterocycles. The zero-order valence-electron chi connectivity index (χ0n) is 9.56. The van der Waals surface area contributed by atoms with Gasteiger partial charge >= 0.3 is 12.0 Å². The zero-order chi connectivity index (χ0) is 13.1. The number of rotatable bonds is 4. The number of halogens is 1. The van der Waals surface area contributed by atoms with Crippen LogP contribution in [0.3, 0.4) is 0 Å². The fourth-order valence-corrected chi connectivity index (χ4v) is 2.78. The molecule has 1 fully saturated rings.